The van der Waals surface area contributed by atoms with Crippen molar-refractivity contribution in [1.29, 1.82) is 0 Å². The van der Waals surface area contributed by atoms with Gasteiger partial charge in [0.25, 0.3) is 0 Å². The SMILES string of the molecule is OC(CSc1nnc(Cc2cccs2)n1C1CCCCC1)CN1CCOCC1. The normalized spacial score (nSPS) is 20.5. The van der Waals surface area contributed by atoms with E-state index in [0.717, 1.165) is 43.7 Å². The third-order valence-corrected chi connectivity index (χ3v) is 7.53. The Morgan fingerprint density at radius 2 is 2.04 bits per heavy atom. The number of ether oxygens (including phenoxy) is 1. The Morgan fingerprint density at radius 1 is 1.21 bits per heavy atom. The lowest BCUT2D eigenvalue weighted by molar-refractivity contribution is 0.0188. The molecule has 1 aliphatic heterocycles. The Hall–Kier alpha value is -0.930. The molecule has 1 saturated carbocycles. The van der Waals surface area contributed by atoms with Gasteiger partial charge in [-0.2, -0.15) is 0 Å². The number of thiophene rings is 1. The summed E-state index contributed by atoms with van der Waals surface area (Å²) in [5.41, 5.74) is 0. The number of rotatable bonds is 8. The van der Waals surface area contributed by atoms with Crippen molar-refractivity contribution < 1.29 is 9.84 Å². The van der Waals surface area contributed by atoms with E-state index in [0.29, 0.717) is 18.3 Å². The van der Waals surface area contributed by atoms with E-state index in [1.165, 1.54) is 37.0 Å². The number of aliphatic hydroxyl groups excluding tert-OH is 1. The van der Waals surface area contributed by atoms with Gasteiger partial charge in [-0.1, -0.05) is 37.1 Å². The molecule has 1 saturated heterocycles. The average Bonchev–Trinajstić information content (AvgIpc) is 3.38. The van der Waals surface area contributed by atoms with Crippen LogP contribution in [0.5, 0.6) is 0 Å². The molecule has 1 N–H and O–H groups in total. The topological polar surface area (TPSA) is 63.4 Å². The van der Waals surface area contributed by atoms with Crippen molar-refractivity contribution >= 4 is 23.1 Å². The first-order valence-corrected chi connectivity index (χ1v) is 12.2. The number of hydrogen-bond donors (Lipinski definition) is 1. The van der Waals surface area contributed by atoms with Gasteiger partial charge in [-0.25, -0.2) is 0 Å². The van der Waals surface area contributed by atoms with Crippen molar-refractivity contribution in [2.45, 2.75) is 55.8 Å². The number of aromatic nitrogens is 3. The summed E-state index contributed by atoms with van der Waals surface area (Å²) < 4.78 is 7.77. The van der Waals surface area contributed by atoms with Gasteiger partial charge < -0.3 is 14.4 Å². The summed E-state index contributed by atoms with van der Waals surface area (Å²) in [6.45, 7) is 4.05. The molecule has 154 valence electrons. The van der Waals surface area contributed by atoms with Gasteiger partial charge in [-0.3, -0.25) is 4.90 Å². The highest BCUT2D eigenvalue weighted by Gasteiger charge is 2.24. The van der Waals surface area contributed by atoms with E-state index in [-0.39, 0.29) is 6.10 Å². The minimum atomic E-state index is -0.361. The number of β-amino-alcohol motifs (C(OH)–C–C–N with tert-alkyl or cyclic N) is 1. The summed E-state index contributed by atoms with van der Waals surface area (Å²) in [5.74, 6) is 1.72. The predicted molar refractivity (Wildman–Crippen MR) is 113 cm³/mol. The molecular weight excluding hydrogens is 392 g/mol. The molecule has 0 bridgehead atoms. The minimum Gasteiger partial charge on any atom is -0.391 e. The molecule has 0 aromatic carbocycles. The van der Waals surface area contributed by atoms with Crippen LogP contribution in [0.25, 0.3) is 0 Å². The van der Waals surface area contributed by atoms with Crippen LogP contribution in [0.2, 0.25) is 0 Å². The molecule has 4 rings (SSSR count). The summed E-state index contributed by atoms with van der Waals surface area (Å²) in [6.07, 6.45) is 6.80. The van der Waals surface area contributed by atoms with Crippen LogP contribution in [0.15, 0.2) is 22.7 Å². The van der Waals surface area contributed by atoms with Crippen LogP contribution in [0.3, 0.4) is 0 Å². The molecule has 28 heavy (non-hydrogen) atoms. The van der Waals surface area contributed by atoms with Gasteiger partial charge in [0.2, 0.25) is 0 Å². The zero-order chi connectivity index (χ0) is 19.2. The molecule has 8 heteroatoms. The molecule has 1 atom stereocenters. The van der Waals surface area contributed by atoms with Crippen molar-refractivity contribution in [2.24, 2.45) is 0 Å². The fourth-order valence-electron chi connectivity index (χ4n) is 4.11. The maximum atomic E-state index is 10.5. The number of thioether (sulfide) groups is 1. The Kier molecular flexibility index (Phi) is 7.42. The van der Waals surface area contributed by atoms with Crippen LogP contribution < -0.4 is 0 Å². The van der Waals surface area contributed by atoms with Crippen LogP contribution in [-0.2, 0) is 11.2 Å². The second-order valence-corrected chi connectivity index (χ2v) is 9.71. The van der Waals surface area contributed by atoms with Crippen molar-refractivity contribution in [1.82, 2.24) is 19.7 Å². The van der Waals surface area contributed by atoms with Crippen molar-refractivity contribution in [3.8, 4) is 0 Å². The van der Waals surface area contributed by atoms with E-state index >= 15 is 0 Å². The first-order valence-electron chi connectivity index (χ1n) is 10.4. The Morgan fingerprint density at radius 3 is 2.79 bits per heavy atom. The predicted octanol–water partition coefficient (Wildman–Crippen LogP) is 3.22. The Labute approximate surface area is 175 Å². The second-order valence-electron chi connectivity index (χ2n) is 7.69. The Bertz CT molecular complexity index is 710. The summed E-state index contributed by atoms with van der Waals surface area (Å²) in [4.78, 5) is 3.61. The second kappa shape index (κ2) is 10.2. The molecule has 0 spiro atoms. The lowest BCUT2D eigenvalue weighted by atomic mass is 9.95. The van der Waals surface area contributed by atoms with Gasteiger partial charge in [0.15, 0.2) is 5.16 Å². The van der Waals surface area contributed by atoms with Crippen molar-refractivity contribution in [3.63, 3.8) is 0 Å². The fourth-order valence-corrected chi connectivity index (χ4v) is 5.75. The van der Waals surface area contributed by atoms with Gasteiger partial charge in [0.05, 0.1) is 19.3 Å². The van der Waals surface area contributed by atoms with E-state index in [1.807, 2.05) is 0 Å². The Balaban J connectivity index is 1.42. The van der Waals surface area contributed by atoms with Gasteiger partial charge in [-0.15, -0.1) is 21.5 Å². The highest BCUT2D eigenvalue weighted by Crippen LogP contribution is 2.33. The smallest absolute Gasteiger partial charge is 0.191 e. The standard InChI is InChI=1S/C20H30N4O2S2/c25-17(14-23-8-10-26-11-9-23)15-28-20-22-21-19(13-18-7-4-12-27-18)24(20)16-5-2-1-3-6-16/h4,7,12,16-17,25H,1-3,5-6,8-11,13-15H2. The quantitative estimate of drug-likeness (QED) is 0.659. The largest absolute Gasteiger partial charge is 0.391 e. The first-order chi connectivity index (χ1) is 13.8. The summed E-state index contributed by atoms with van der Waals surface area (Å²) in [5, 5.41) is 22.7. The molecular formula is C20H30N4O2S2. The maximum absolute atomic E-state index is 10.5. The number of aliphatic hydroxyl groups is 1. The molecule has 2 aromatic rings. The number of morpholine rings is 1. The average molecular weight is 423 g/mol. The summed E-state index contributed by atoms with van der Waals surface area (Å²) >= 11 is 3.43. The molecule has 1 unspecified atom stereocenters. The molecule has 3 heterocycles. The molecule has 2 fully saturated rings. The van der Waals surface area contributed by atoms with Gasteiger partial charge in [0, 0.05) is 42.7 Å². The molecule has 0 amide bonds. The molecule has 1 aliphatic carbocycles. The fraction of sp³-hybridized carbons (Fsp3) is 0.700. The van der Waals surface area contributed by atoms with Crippen LogP contribution in [0.4, 0.5) is 0 Å². The lowest BCUT2D eigenvalue weighted by Gasteiger charge is -2.28. The van der Waals surface area contributed by atoms with Crippen LogP contribution >= 0.6 is 23.1 Å². The van der Waals surface area contributed by atoms with Crippen molar-refractivity contribution in [3.05, 3.63) is 28.2 Å². The monoisotopic (exact) mass is 422 g/mol. The van der Waals surface area contributed by atoms with E-state index in [4.69, 9.17) is 4.74 Å². The highest BCUT2D eigenvalue weighted by molar-refractivity contribution is 7.99. The molecule has 6 nitrogen and oxygen atoms in total. The van der Waals surface area contributed by atoms with E-state index in [2.05, 4.69) is 37.2 Å². The summed E-state index contributed by atoms with van der Waals surface area (Å²) in [7, 11) is 0. The zero-order valence-electron chi connectivity index (χ0n) is 16.3. The van der Waals surface area contributed by atoms with E-state index < -0.39 is 0 Å². The number of nitrogens with zero attached hydrogens (tertiary/aromatic N) is 4. The maximum Gasteiger partial charge on any atom is 0.191 e. The van der Waals surface area contributed by atoms with Crippen LogP contribution in [0, 0.1) is 0 Å². The molecule has 2 aromatic heterocycles. The minimum absolute atomic E-state index is 0.361. The zero-order valence-corrected chi connectivity index (χ0v) is 18.0. The molecule has 2 aliphatic rings. The van der Waals surface area contributed by atoms with Crippen LogP contribution in [0.1, 0.15) is 48.8 Å². The van der Waals surface area contributed by atoms with E-state index in [1.54, 1.807) is 23.1 Å². The van der Waals surface area contributed by atoms with Crippen LogP contribution in [-0.4, -0.2) is 69.5 Å². The van der Waals surface area contributed by atoms with Gasteiger partial charge in [-0.05, 0) is 24.3 Å². The third kappa shape index (κ3) is 5.36. The van der Waals surface area contributed by atoms with Crippen molar-refractivity contribution in [2.75, 3.05) is 38.6 Å². The highest BCUT2D eigenvalue weighted by atomic mass is 32.2. The third-order valence-electron chi connectivity index (χ3n) is 5.56. The van der Waals surface area contributed by atoms with Gasteiger partial charge >= 0.3 is 0 Å². The number of hydrogen-bond acceptors (Lipinski definition) is 7. The van der Waals surface area contributed by atoms with E-state index in [9.17, 15) is 5.11 Å². The summed E-state index contributed by atoms with van der Waals surface area (Å²) in [6, 6.07) is 4.76. The van der Waals surface area contributed by atoms with Gasteiger partial charge in [0.1, 0.15) is 5.82 Å². The first kappa shape index (κ1) is 20.3. The molecule has 0 radical (unpaired) electrons. The lowest BCUT2D eigenvalue weighted by Crippen LogP contribution is -2.41.